The number of pyridine rings is 1. The standard InChI is InChI=1S/C11H18N2OS/c1-9(8-15-3)12-7-10-5-4-6-11(13-10)14-2/h4-6,9,12H,7-8H2,1-3H3. The Hall–Kier alpha value is -0.740. The van der Waals surface area contributed by atoms with Crippen molar-refractivity contribution >= 4 is 11.8 Å². The van der Waals surface area contributed by atoms with E-state index in [0.29, 0.717) is 11.9 Å². The predicted molar refractivity (Wildman–Crippen MR) is 65.5 cm³/mol. The molecule has 0 aliphatic rings. The zero-order valence-electron chi connectivity index (χ0n) is 9.49. The summed E-state index contributed by atoms with van der Waals surface area (Å²) in [5.74, 6) is 1.79. The molecule has 1 N–H and O–H groups in total. The monoisotopic (exact) mass is 226 g/mol. The number of nitrogens with zero attached hydrogens (tertiary/aromatic N) is 1. The maximum absolute atomic E-state index is 5.07. The summed E-state index contributed by atoms with van der Waals surface area (Å²) in [6, 6.07) is 6.33. The van der Waals surface area contributed by atoms with Crippen LogP contribution in [-0.2, 0) is 6.54 Å². The molecule has 4 heteroatoms. The smallest absolute Gasteiger partial charge is 0.213 e. The van der Waals surface area contributed by atoms with Crippen LogP contribution >= 0.6 is 11.8 Å². The van der Waals surface area contributed by atoms with Crippen molar-refractivity contribution in [3.8, 4) is 5.88 Å². The fourth-order valence-corrected chi connectivity index (χ4v) is 1.88. The summed E-state index contributed by atoms with van der Waals surface area (Å²) in [5, 5.41) is 3.41. The van der Waals surface area contributed by atoms with E-state index in [1.54, 1.807) is 7.11 Å². The average Bonchev–Trinajstić information content (AvgIpc) is 2.27. The number of methoxy groups -OCH3 is 1. The van der Waals surface area contributed by atoms with E-state index in [-0.39, 0.29) is 0 Å². The number of nitrogens with one attached hydrogen (secondary N) is 1. The molecule has 0 saturated carbocycles. The van der Waals surface area contributed by atoms with Crippen molar-refractivity contribution in [3.05, 3.63) is 23.9 Å². The molecule has 0 radical (unpaired) electrons. The van der Waals surface area contributed by atoms with Crippen molar-refractivity contribution < 1.29 is 4.74 Å². The van der Waals surface area contributed by atoms with Gasteiger partial charge in [-0.25, -0.2) is 4.98 Å². The Bertz CT molecular complexity index is 294. The van der Waals surface area contributed by atoms with Gasteiger partial charge in [-0.3, -0.25) is 0 Å². The van der Waals surface area contributed by atoms with Gasteiger partial charge in [0.2, 0.25) is 5.88 Å². The van der Waals surface area contributed by atoms with Gasteiger partial charge >= 0.3 is 0 Å². The lowest BCUT2D eigenvalue weighted by atomic mass is 10.3. The average molecular weight is 226 g/mol. The molecule has 0 aliphatic heterocycles. The fraction of sp³-hybridized carbons (Fsp3) is 0.545. The highest BCUT2D eigenvalue weighted by Gasteiger charge is 2.01. The highest BCUT2D eigenvalue weighted by atomic mass is 32.2. The van der Waals surface area contributed by atoms with E-state index in [0.717, 1.165) is 18.0 Å². The van der Waals surface area contributed by atoms with E-state index >= 15 is 0 Å². The molecule has 1 unspecified atom stereocenters. The lowest BCUT2D eigenvalue weighted by Crippen LogP contribution is -2.27. The van der Waals surface area contributed by atoms with Gasteiger partial charge in [0.05, 0.1) is 12.8 Å². The van der Waals surface area contributed by atoms with Crippen LogP contribution in [0.3, 0.4) is 0 Å². The van der Waals surface area contributed by atoms with Gasteiger partial charge < -0.3 is 10.1 Å². The summed E-state index contributed by atoms with van der Waals surface area (Å²) < 4.78 is 5.07. The molecule has 0 fully saturated rings. The number of aromatic nitrogens is 1. The van der Waals surface area contributed by atoms with Crippen LogP contribution in [0.1, 0.15) is 12.6 Å². The Morgan fingerprint density at radius 3 is 3.00 bits per heavy atom. The van der Waals surface area contributed by atoms with Crippen LogP contribution in [0.25, 0.3) is 0 Å². The molecule has 1 rings (SSSR count). The van der Waals surface area contributed by atoms with Gasteiger partial charge in [0, 0.05) is 24.4 Å². The van der Waals surface area contributed by atoms with Crippen molar-refractivity contribution in [1.82, 2.24) is 10.3 Å². The van der Waals surface area contributed by atoms with Crippen LogP contribution < -0.4 is 10.1 Å². The molecule has 84 valence electrons. The summed E-state index contributed by atoms with van der Waals surface area (Å²) >= 11 is 1.84. The van der Waals surface area contributed by atoms with Gasteiger partial charge in [-0.15, -0.1) is 0 Å². The number of ether oxygens (including phenoxy) is 1. The van der Waals surface area contributed by atoms with Crippen molar-refractivity contribution in [1.29, 1.82) is 0 Å². The van der Waals surface area contributed by atoms with Gasteiger partial charge in [-0.05, 0) is 19.2 Å². The van der Waals surface area contributed by atoms with Gasteiger partial charge in [-0.2, -0.15) is 11.8 Å². The summed E-state index contributed by atoms with van der Waals surface area (Å²) in [6.45, 7) is 2.97. The normalized spacial score (nSPS) is 12.5. The summed E-state index contributed by atoms with van der Waals surface area (Å²) in [7, 11) is 1.63. The molecule has 1 atom stereocenters. The first-order valence-corrected chi connectivity index (χ1v) is 6.38. The maximum atomic E-state index is 5.07. The summed E-state index contributed by atoms with van der Waals surface area (Å²) in [4.78, 5) is 4.33. The van der Waals surface area contributed by atoms with E-state index in [1.807, 2.05) is 30.0 Å². The Morgan fingerprint density at radius 2 is 2.33 bits per heavy atom. The second-order valence-corrected chi connectivity index (χ2v) is 4.32. The van der Waals surface area contributed by atoms with Crippen LogP contribution in [0.15, 0.2) is 18.2 Å². The topological polar surface area (TPSA) is 34.1 Å². The molecule has 0 spiro atoms. The van der Waals surface area contributed by atoms with Crippen molar-refractivity contribution in [2.45, 2.75) is 19.5 Å². The minimum atomic E-state index is 0.507. The van der Waals surface area contributed by atoms with Crippen molar-refractivity contribution in [3.63, 3.8) is 0 Å². The van der Waals surface area contributed by atoms with E-state index in [2.05, 4.69) is 23.5 Å². The SMILES string of the molecule is COc1cccc(CNC(C)CSC)n1. The molecule has 0 aliphatic carbocycles. The van der Waals surface area contributed by atoms with Crippen LogP contribution in [0.2, 0.25) is 0 Å². The van der Waals surface area contributed by atoms with E-state index in [4.69, 9.17) is 4.74 Å². The van der Waals surface area contributed by atoms with Gasteiger partial charge in [0.25, 0.3) is 0 Å². The molecular formula is C11H18N2OS. The quantitative estimate of drug-likeness (QED) is 0.803. The lowest BCUT2D eigenvalue weighted by Gasteiger charge is -2.12. The summed E-state index contributed by atoms with van der Waals surface area (Å²) in [6.07, 6.45) is 2.11. The maximum Gasteiger partial charge on any atom is 0.213 e. The summed E-state index contributed by atoms with van der Waals surface area (Å²) in [5.41, 5.74) is 1.02. The van der Waals surface area contributed by atoms with E-state index in [1.165, 1.54) is 0 Å². The second-order valence-electron chi connectivity index (χ2n) is 3.41. The molecule has 0 bridgehead atoms. The zero-order chi connectivity index (χ0) is 11.1. The number of rotatable bonds is 6. The Balaban J connectivity index is 2.43. The number of hydrogen-bond donors (Lipinski definition) is 1. The first kappa shape index (κ1) is 12.3. The Morgan fingerprint density at radius 1 is 1.53 bits per heavy atom. The van der Waals surface area contributed by atoms with E-state index in [9.17, 15) is 0 Å². The van der Waals surface area contributed by atoms with Crippen molar-refractivity contribution in [2.75, 3.05) is 19.1 Å². The molecule has 15 heavy (non-hydrogen) atoms. The van der Waals surface area contributed by atoms with Crippen LogP contribution in [0, 0.1) is 0 Å². The van der Waals surface area contributed by atoms with Crippen molar-refractivity contribution in [2.24, 2.45) is 0 Å². The van der Waals surface area contributed by atoms with Crippen LogP contribution in [-0.4, -0.2) is 30.1 Å². The minimum Gasteiger partial charge on any atom is -0.481 e. The zero-order valence-corrected chi connectivity index (χ0v) is 10.3. The highest BCUT2D eigenvalue weighted by Crippen LogP contribution is 2.06. The molecule has 0 aromatic carbocycles. The van der Waals surface area contributed by atoms with E-state index < -0.39 is 0 Å². The molecule has 1 aromatic rings. The molecule has 0 amide bonds. The molecule has 1 aromatic heterocycles. The fourth-order valence-electron chi connectivity index (χ4n) is 1.26. The third-order valence-corrected chi connectivity index (χ3v) is 2.87. The first-order valence-electron chi connectivity index (χ1n) is 4.98. The second kappa shape index (κ2) is 6.69. The van der Waals surface area contributed by atoms with Crippen LogP contribution in [0.4, 0.5) is 0 Å². The Kier molecular flexibility index (Phi) is 5.50. The minimum absolute atomic E-state index is 0.507. The lowest BCUT2D eigenvalue weighted by molar-refractivity contribution is 0.395. The Labute approximate surface area is 95.6 Å². The van der Waals surface area contributed by atoms with Gasteiger partial charge in [-0.1, -0.05) is 6.07 Å². The third kappa shape index (κ3) is 4.53. The molecule has 3 nitrogen and oxygen atoms in total. The predicted octanol–water partition coefficient (Wildman–Crippen LogP) is 1.93. The third-order valence-electron chi connectivity index (χ3n) is 2.04. The molecule has 0 saturated heterocycles. The molecule has 1 heterocycles. The number of hydrogen-bond acceptors (Lipinski definition) is 4. The largest absolute Gasteiger partial charge is 0.481 e. The number of thioether (sulfide) groups is 1. The van der Waals surface area contributed by atoms with Crippen LogP contribution in [0.5, 0.6) is 5.88 Å². The van der Waals surface area contributed by atoms with Gasteiger partial charge in [0.1, 0.15) is 0 Å². The molecular weight excluding hydrogens is 208 g/mol. The first-order chi connectivity index (χ1) is 7.26. The highest BCUT2D eigenvalue weighted by molar-refractivity contribution is 7.98. The van der Waals surface area contributed by atoms with Gasteiger partial charge in [0.15, 0.2) is 0 Å².